The van der Waals surface area contributed by atoms with Crippen LogP contribution in [0.2, 0.25) is 0 Å². The van der Waals surface area contributed by atoms with Crippen LogP contribution in [0.25, 0.3) is 11.2 Å². The summed E-state index contributed by atoms with van der Waals surface area (Å²) < 4.78 is 39.5. The van der Waals surface area contributed by atoms with Crippen molar-refractivity contribution in [2.24, 2.45) is 0 Å². The minimum Gasteiger partial charge on any atom is -0.311 e. The summed E-state index contributed by atoms with van der Waals surface area (Å²) in [4.78, 5) is 20.7. The summed E-state index contributed by atoms with van der Waals surface area (Å²) in [5.41, 5.74) is -0.236. The lowest BCUT2D eigenvalue weighted by molar-refractivity contribution is -0.144. The summed E-state index contributed by atoms with van der Waals surface area (Å²) in [5, 5.41) is 0. The maximum absolute atomic E-state index is 12.7. The monoisotopic (exact) mass is 294 g/mol. The molecule has 0 amide bonds. The average molecular weight is 294 g/mol. The number of nitrogens with zero attached hydrogens (tertiary/aromatic N) is 3. The van der Waals surface area contributed by atoms with Gasteiger partial charge in [-0.3, -0.25) is 4.79 Å². The van der Waals surface area contributed by atoms with Crippen molar-refractivity contribution in [2.45, 2.75) is 12.7 Å². The molecule has 0 radical (unpaired) electrons. The Hall–Kier alpha value is -2.64. The van der Waals surface area contributed by atoms with Crippen LogP contribution >= 0.6 is 0 Å². The second-order valence-electron chi connectivity index (χ2n) is 4.44. The maximum Gasteiger partial charge on any atom is 0.449 e. The van der Waals surface area contributed by atoms with E-state index >= 15 is 0 Å². The number of imidazole rings is 1. The number of rotatable bonds is 2. The first-order chi connectivity index (χ1) is 9.95. The zero-order chi connectivity index (χ0) is 15.0. The molecule has 3 rings (SSSR count). The standard InChI is InChI=1S/C13H9F3N4O/c14-13(15,16)12-18-10-9(11(21)19-12)17-7-20(10)6-8-4-2-1-3-5-8/h1-5,7H,6H2,(H,18,19,21). The molecule has 0 aliphatic carbocycles. The number of nitrogens with one attached hydrogen (secondary N) is 1. The van der Waals surface area contributed by atoms with E-state index in [1.54, 1.807) is 4.98 Å². The highest BCUT2D eigenvalue weighted by molar-refractivity contribution is 5.69. The topological polar surface area (TPSA) is 63.6 Å². The van der Waals surface area contributed by atoms with Crippen LogP contribution in [0, 0.1) is 0 Å². The Kier molecular flexibility index (Phi) is 3.00. The number of benzene rings is 1. The molecule has 0 saturated heterocycles. The molecule has 0 fully saturated rings. The molecule has 0 atom stereocenters. The van der Waals surface area contributed by atoms with Gasteiger partial charge in [-0.05, 0) is 5.56 Å². The SMILES string of the molecule is O=c1[nH]c(C(F)(F)F)nc2c1ncn2Cc1ccccc1. The van der Waals surface area contributed by atoms with E-state index in [0.717, 1.165) is 5.56 Å². The number of fused-ring (bicyclic) bond motifs is 1. The summed E-state index contributed by atoms with van der Waals surface area (Å²) >= 11 is 0. The summed E-state index contributed by atoms with van der Waals surface area (Å²) in [6, 6.07) is 9.11. The molecule has 0 unspecified atom stereocenters. The molecule has 3 aromatic rings. The van der Waals surface area contributed by atoms with Gasteiger partial charge >= 0.3 is 6.18 Å². The van der Waals surface area contributed by atoms with Gasteiger partial charge in [-0.15, -0.1) is 0 Å². The third-order valence-corrected chi connectivity index (χ3v) is 2.94. The van der Waals surface area contributed by atoms with Gasteiger partial charge in [0.25, 0.3) is 5.56 Å². The summed E-state index contributed by atoms with van der Waals surface area (Å²) in [6.07, 6.45) is -3.41. The normalized spacial score (nSPS) is 12.0. The van der Waals surface area contributed by atoms with Crippen LogP contribution in [-0.4, -0.2) is 19.5 Å². The van der Waals surface area contributed by atoms with E-state index in [4.69, 9.17) is 0 Å². The van der Waals surface area contributed by atoms with Crippen molar-refractivity contribution in [3.05, 3.63) is 58.4 Å². The zero-order valence-electron chi connectivity index (χ0n) is 10.6. The Morgan fingerprint density at radius 2 is 1.90 bits per heavy atom. The number of aromatic nitrogens is 4. The number of hydrogen-bond donors (Lipinski definition) is 1. The number of halogens is 3. The lowest BCUT2D eigenvalue weighted by atomic mass is 10.2. The average Bonchev–Trinajstić information content (AvgIpc) is 2.83. The van der Waals surface area contributed by atoms with E-state index in [2.05, 4.69) is 9.97 Å². The molecule has 2 aromatic heterocycles. The molecule has 2 heterocycles. The Bertz CT molecular complexity index is 836. The Morgan fingerprint density at radius 3 is 2.57 bits per heavy atom. The zero-order valence-corrected chi connectivity index (χ0v) is 10.6. The molecule has 0 bridgehead atoms. The first kappa shape index (κ1) is 13.3. The van der Waals surface area contributed by atoms with E-state index in [9.17, 15) is 18.0 Å². The molecule has 108 valence electrons. The first-order valence-electron chi connectivity index (χ1n) is 6.01. The highest BCUT2D eigenvalue weighted by Crippen LogP contribution is 2.25. The van der Waals surface area contributed by atoms with Crippen LogP contribution in [0.15, 0.2) is 41.5 Å². The predicted octanol–water partition coefficient (Wildman–Crippen LogP) is 2.19. The van der Waals surface area contributed by atoms with E-state index in [0.29, 0.717) is 0 Å². The van der Waals surface area contributed by atoms with Crippen LogP contribution in [0.3, 0.4) is 0 Å². The summed E-state index contributed by atoms with van der Waals surface area (Å²) in [5.74, 6) is -1.32. The highest BCUT2D eigenvalue weighted by Gasteiger charge is 2.35. The van der Waals surface area contributed by atoms with Gasteiger partial charge in [-0.1, -0.05) is 30.3 Å². The van der Waals surface area contributed by atoms with Crippen LogP contribution in [0.5, 0.6) is 0 Å². The molecule has 8 heteroatoms. The molecule has 21 heavy (non-hydrogen) atoms. The van der Waals surface area contributed by atoms with Crippen molar-refractivity contribution in [3.8, 4) is 0 Å². The van der Waals surface area contributed by atoms with Crippen molar-refractivity contribution in [1.29, 1.82) is 0 Å². The largest absolute Gasteiger partial charge is 0.449 e. The van der Waals surface area contributed by atoms with Crippen LogP contribution in [0.1, 0.15) is 11.4 Å². The fourth-order valence-corrected chi connectivity index (χ4v) is 1.98. The van der Waals surface area contributed by atoms with Crippen molar-refractivity contribution in [2.75, 3.05) is 0 Å². The molecular weight excluding hydrogens is 285 g/mol. The smallest absolute Gasteiger partial charge is 0.311 e. The van der Waals surface area contributed by atoms with Gasteiger partial charge in [0.05, 0.1) is 12.9 Å². The summed E-state index contributed by atoms with van der Waals surface area (Å²) in [6.45, 7) is 0.283. The van der Waals surface area contributed by atoms with Gasteiger partial charge < -0.3 is 9.55 Å². The number of H-pyrrole nitrogens is 1. The third kappa shape index (κ3) is 2.51. The van der Waals surface area contributed by atoms with Crippen LogP contribution < -0.4 is 5.56 Å². The number of hydrogen-bond acceptors (Lipinski definition) is 3. The molecule has 0 spiro atoms. The van der Waals surface area contributed by atoms with E-state index < -0.39 is 17.6 Å². The number of alkyl halides is 3. The van der Waals surface area contributed by atoms with Crippen molar-refractivity contribution < 1.29 is 13.2 Å². The van der Waals surface area contributed by atoms with Gasteiger partial charge in [0, 0.05) is 0 Å². The van der Waals surface area contributed by atoms with Gasteiger partial charge in [-0.25, -0.2) is 9.97 Å². The second-order valence-corrected chi connectivity index (χ2v) is 4.44. The molecular formula is C13H9F3N4O. The fourth-order valence-electron chi connectivity index (χ4n) is 1.98. The Labute approximate surface area is 116 Å². The maximum atomic E-state index is 12.7. The molecule has 1 N–H and O–H groups in total. The molecule has 0 saturated carbocycles. The molecule has 5 nitrogen and oxygen atoms in total. The molecule has 0 aliphatic heterocycles. The third-order valence-electron chi connectivity index (χ3n) is 2.94. The van der Waals surface area contributed by atoms with Crippen LogP contribution in [0.4, 0.5) is 13.2 Å². The summed E-state index contributed by atoms with van der Waals surface area (Å²) in [7, 11) is 0. The number of aromatic amines is 1. The fraction of sp³-hybridized carbons (Fsp3) is 0.154. The molecule has 1 aromatic carbocycles. The van der Waals surface area contributed by atoms with Crippen molar-refractivity contribution >= 4 is 11.2 Å². The van der Waals surface area contributed by atoms with Crippen molar-refractivity contribution in [3.63, 3.8) is 0 Å². The van der Waals surface area contributed by atoms with E-state index in [1.165, 1.54) is 10.9 Å². The minimum absolute atomic E-state index is 0.0880. The Balaban J connectivity index is 2.12. The van der Waals surface area contributed by atoms with Crippen LogP contribution in [-0.2, 0) is 12.7 Å². The predicted molar refractivity (Wildman–Crippen MR) is 68.7 cm³/mol. The van der Waals surface area contributed by atoms with E-state index in [-0.39, 0.29) is 17.7 Å². The lowest BCUT2D eigenvalue weighted by Gasteiger charge is -2.07. The second kappa shape index (κ2) is 4.72. The quantitative estimate of drug-likeness (QED) is 0.788. The lowest BCUT2D eigenvalue weighted by Crippen LogP contribution is -2.19. The van der Waals surface area contributed by atoms with Gasteiger partial charge in [0.2, 0.25) is 5.82 Å². The van der Waals surface area contributed by atoms with Gasteiger partial charge in [0.15, 0.2) is 11.2 Å². The molecule has 0 aliphatic rings. The minimum atomic E-state index is -4.71. The van der Waals surface area contributed by atoms with Crippen molar-refractivity contribution in [1.82, 2.24) is 19.5 Å². The van der Waals surface area contributed by atoms with Gasteiger partial charge in [-0.2, -0.15) is 13.2 Å². The van der Waals surface area contributed by atoms with Gasteiger partial charge in [0.1, 0.15) is 0 Å². The Morgan fingerprint density at radius 1 is 1.19 bits per heavy atom. The first-order valence-corrected chi connectivity index (χ1v) is 6.01. The highest BCUT2D eigenvalue weighted by atomic mass is 19.4. The van der Waals surface area contributed by atoms with E-state index in [1.807, 2.05) is 30.3 Å².